The minimum absolute atomic E-state index is 0.475. The number of ether oxygens (including phenoxy) is 2. The fourth-order valence-electron chi connectivity index (χ4n) is 2.60. The van der Waals surface area contributed by atoms with Crippen LogP contribution in [0.25, 0.3) is 0 Å². The van der Waals surface area contributed by atoms with Gasteiger partial charge in [0.2, 0.25) is 5.95 Å². The summed E-state index contributed by atoms with van der Waals surface area (Å²) < 4.78 is 10.6. The zero-order valence-electron chi connectivity index (χ0n) is 15.3. The van der Waals surface area contributed by atoms with Crippen LogP contribution in [0.1, 0.15) is 11.1 Å². The molecule has 0 spiro atoms. The quantitative estimate of drug-likeness (QED) is 0.677. The summed E-state index contributed by atoms with van der Waals surface area (Å²) in [5.41, 5.74) is 4.17. The van der Waals surface area contributed by atoms with Gasteiger partial charge in [0.15, 0.2) is 0 Å². The lowest BCUT2D eigenvalue weighted by Gasteiger charge is -2.13. The molecule has 0 bridgehead atoms. The van der Waals surface area contributed by atoms with Gasteiger partial charge in [-0.05, 0) is 43.7 Å². The summed E-state index contributed by atoms with van der Waals surface area (Å²) in [5, 5.41) is 6.51. The van der Waals surface area contributed by atoms with Crippen LogP contribution < -0.4 is 20.1 Å². The number of hydrogen-bond acceptors (Lipinski definition) is 6. The van der Waals surface area contributed by atoms with E-state index in [0.717, 1.165) is 22.7 Å². The molecule has 1 heterocycles. The monoisotopic (exact) mass is 350 g/mol. The Hall–Kier alpha value is -3.28. The van der Waals surface area contributed by atoms with E-state index in [1.165, 1.54) is 5.56 Å². The number of nitrogens with one attached hydrogen (secondary N) is 2. The minimum atomic E-state index is 0.475. The lowest BCUT2D eigenvalue weighted by atomic mass is 10.1. The maximum Gasteiger partial charge on any atom is 0.229 e. The van der Waals surface area contributed by atoms with Gasteiger partial charge in [-0.25, -0.2) is 4.98 Å². The van der Waals surface area contributed by atoms with Gasteiger partial charge in [0.1, 0.15) is 17.3 Å². The lowest BCUT2D eigenvalue weighted by Crippen LogP contribution is -2.02. The zero-order chi connectivity index (χ0) is 18.5. The summed E-state index contributed by atoms with van der Waals surface area (Å²) in [6.07, 6.45) is 1.71. The van der Waals surface area contributed by atoms with Crippen molar-refractivity contribution < 1.29 is 9.47 Å². The van der Waals surface area contributed by atoms with Crippen LogP contribution in [-0.2, 0) is 0 Å². The summed E-state index contributed by atoms with van der Waals surface area (Å²) in [5.74, 6) is 2.56. The van der Waals surface area contributed by atoms with Gasteiger partial charge < -0.3 is 20.1 Å². The molecule has 0 radical (unpaired) electrons. The van der Waals surface area contributed by atoms with Gasteiger partial charge in [0.05, 0.1) is 19.9 Å². The number of rotatable bonds is 6. The Balaban J connectivity index is 1.81. The second-order valence-corrected chi connectivity index (χ2v) is 5.90. The normalized spacial score (nSPS) is 10.3. The number of benzene rings is 2. The lowest BCUT2D eigenvalue weighted by molar-refractivity contribution is 0.395. The van der Waals surface area contributed by atoms with Crippen molar-refractivity contribution in [3.8, 4) is 11.5 Å². The number of anilines is 4. The molecule has 0 amide bonds. The molecule has 134 valence electrons. The van der Waals surface area contributed by atoms with Crippen LogP contribution in [0.3, 0.4) is 0 Å². The van der Waals surface area contributed by atoms with E-state index in [-0.39, 0.29) is 0 Å². The van der Waals surface area contributed by atoms with Crippen molar-refractivity contribution in [2.24, 2.45) is 0 Å². The molecule has 0 fully saturated rings. The summed E-state index contributed by atoms with van der Waals surface area (Å²) in [7, 11) is 3.23. The third kappa shape index (κ3) is 4.03. The molecule has 3 aromatic rings. The van der Waals surface area contributed by atoms with Gasteiger partial charge in [-0.3, -0.25) is 0 Å². The van der Waals surface area contributed by atoms with Crippen molar-refractivity contribution in [2.45, 2.75) is 13.8 Å². The number of hydrogen-bond donors (Lipinski definition) is 2. The Morgan fingerprint density at radius 2 is 1.65 bits per heavy atom. The standard InChI is InChI=1S/C20H22N4O2/c1-13-5-7-16(14(2)11-13)22-19-9-10-21-20(24-19)23-17-8-6-15(25-3)12-18(17)26-4/h5-12H,1-4H3,(H2,21,22,23,24). The molecule has 2 N–H and O–H groups in total. The molecule has 26 heavy (non-hydrogen) atoms. The summed E-state index contributed by atoms with van der Waals surface area (Å²) >= 11 is 0. The topological polar surface area (TPSA) is 68.3 Å². The third-order valence-electron chi connectivity index (χ3n) is 3.96. The van der Waals surface area contributed by atoms with Crippen LogP contribution in [0.4, 0.5) is 23.1 Å². The Bertz CT molecular complexity index is 912. The van der Waals surface area contributed by atoms with Crippen molar-refractivity contribution in [1.29, 1.82) is 0 Å². The van der Waals surface area contributed by atoms with E-state index in [4.69, 9.17) is 9.47 Å². The fourth-order valence-corrected chi connectivity index (χ4v) is 2.60. The highest BCUT2D eigenvalue weighted by Gasteiger charge is 2.08. The van der Waals surface area contributed by atoms with E-state index in [9.17, 15) is 0 Å². The molecule has 6 nitrogen and oxygen atoms in total. The average molecular weight is 350 g/mol. The van der Waals surface area contributed by atoms with Gasteiger partial charge in [-0.2, -0.15) is 4.98 Å². The molecule has 0 aliphatic carbocycles. The third-order valence-corrected chi connectivity index (χ3v) is 3.96. The van der Waals surface area contributed by atoms with Crippen LogP contribution in [-0.4, -0.2) is 24.2 Å². The highest BCUT2D eigenvalue weighted by Crippen LogP contribution is 2.31. The predicted molar refractivity (Wildman–Crippen MR) is 104 cm³/mol. The first-order chi connectivity index (χ1) is 12.6. The van der Waals surface area contributed by atoms with Crippen LogP contribution in [0.5, 0.6) is 11.5 Å². The zero-order valence-corrected chi connectivity index (χ0v) is 15.3. The van der Waals surface area contributed by atoms with Crippen LogP contribution in [0.15, 0.2) is 48.7 Å². The molecule has 0 saturated heterocycles. The molecule has 0 aliphatic heterocycles. The molecular formula is C20H22N4O2. The van der Waals surface area contributed by atoms with E-state index >= 15 is 0 Å². The molecule has 0 saturated carbocycles. The predicted octanol–water partition coefficient (Wildman–Crippen LogP) is 4.60. The van der Waals surface area contributed by atoms with Gasteiger partial charge in [0.25, 0.3) is 0 Å². The van der Waals surface area contributed by atoms with Gasteiger partial charge in [-0.1, -0.05) is 17.7 Å². The number of aryl methyl sites for hydroxylation is 2. The number of nitrogens with zero attached hydrogens (tertiary/aromatic N) is 2. The molecule has 3 rings (SSSR count). The Morgan fingerprint density at radius 1 is 0.846 bits per heavy atom. The molecule has 2 aromatic carbocycles. The van der Waals surface area contributed by atoms with Gasteiger partial charge in [0, 0.05) is 18.0 Å². The van der Waals surface area contributed by atoms with E-state index in [1.807, 2.05) is 24.3 Å². The Labute approximate surface area is 153 Å². The number of methoxy groups -OCH3 is 2. The Morgan fingerprint density at radius 3 is 2.38 bits per heavy atom. The summed E-state index contributed by atoms with van der Waals surface area (Å²) in [6, 6.07) is 13.6. The van der Waals surface area contributed by atoms with Crippen molar-refractivity contribution in [3.05, 3.63) is 59.8 Å². The summed E-state index contributed by atoms with van der Waals surface area (Å²) in [4.78, 5) is 8.81. The molecule has 1 aromatic heterocycles. The molecular weight excluding hydrogens is 328 g/mol. The molecule has 6 heteroatoms. The average Bonchev–Trinajstić information content (AvgIpc) is 2.65. The second-order valence-electron chi connectivity index (χ2n) is 5.90. The SMILES string of the molecule is COc1ccc(Nc2nccc(Nc3ccc(C)cc3C)n2)c(OC)c1. The summed E-state index contributed by atoms with van der Waals surface area (Å²) in [6.45, 7) is 4.14. The largest absolute Gasteiger partial charge is 0.497 e. The molecule has 0 atom stereocenters. The van der Waals surface area contributed by atoms with Crippen LogP contribution >= 0.6 is 0 Å². The smallest absolute Gasteiger partial charge is 0.229 e. The van der Waals surface area contributed by atoms with Gasteiger partial charge >= 0.3 is 0 Å². The second kappa shape index (κ2) is 7.74. The first-order valence-corrected chi connectivity index (χ1v) is 8.25. The number of aromatic nitrogens is 2. The first kappa shape index (κ1) is 17.5. The highest BCUT2D eigenvalue weighted by atomic mass is 16.5. The van der Waals surface area contributed by atoms with Crippen molar-refractivity contribution in [3.63, 3.8) is 0 Å². The maximum atomic E-state index is 5.40. The first-order valence-electron chi connectivity index (χ1n) is 8.25. The van der Waals surface area contributed by atoms with Crippen LogP contribution in [0, 0.1) is 13.8 Å². The van der Waals surface area contributed by atoms with E-state index in [0.29, 0.717) is 17.5 Å². The van der Waals surface area contributed by atoms with Crippen molar-refractivity contribution in [1.82, 2.24) is 9.97 Å². The minimum Gasteiger partial charge on any atom is -0.497 e. The van der Waals surface area contributed by atoms with Crippen molar-refractivity contribution in [2.75, 3.05) is 24.9 Å². The van der Waals surface area contributed by atoms with Crippen LogP contribution in [0.2, 0.25) is 0 Å². The van der Waals surface area contributed by atoms with E-state index < -0.39 is 0 Å². The fraction of sp³-hybridized carbons (Fsp3) is 0.200. The highest BCUT2D eigenvalue weighted by molar-refractivity contribution is 5.66. The van der Waals surface area contributed by atoms with Gasteiger partial charge in [-0.15, -0.1) is 0 Å². The molecule has 0 aliphatic rings. The molecule has 0 unspecified atom stereocenters. The Kier molecular flexibility index (Phi) is 5.22. The van der Waals surface area contributed by atoms with Crippen molar-refractivity contribution >= 4 is 23.1 Å². The maximum absolute atomic E-state index is 5.40. The van der Waals surface area contributed by atoms with E-state index in [1.54, 1.807) is 26.5 Å². The van der Waals surface area contributed by atoms with E-state index in [2.05, 4.69) is 46.6 Å².